The van der Waals surface area contributed by atoms with E-state index in [1.54, 1.807) is 0 Å². The lowest BCUT2D eigenvalue weighted by Crippen LogP contribution is -2.30. The average molecular weight is 300 g/mol. The van der Waals surface area contributed by atoms with E-state index in [1.807, 2.05) is 0 Å². The Morgan fingerprint density at radius 3 is 2.62 bits per heavy atom. The smallest absolute Gasteiger partial charge is 0.391 e. The Hall–Kier alpha value is -0.820. The molecule has 0 aliphatic heterocycles. The maximum absolute atomic E-state index is 12.2. The van der Waals surface area contributed by atoms with Crippen LogP contribution in [0.4, 0.5) is 13.2 Å². The summed E-state index contributed by atoms with van der Waals surface area (Å²) in [6.45, 7) is -0.740. The Balaban J connectivity index is 3.05. The molecule has 0 saturated heterocycles. The fourth-order valence-corrected chi connectivity index (χ4v) is 1.65. The summed E-state index contributed by atoms with van der Waals surface area (Å²) in [6, 6.07) is 1.58. The number of alkyl halides is 3. The zero-order chi connectivity index (χ0) is 12.3. The van der Waals surface area contributed by atoms with E-state index in [0.29, 0.717) is 0 Å². The van der Waals surface area contributed by atoms with E-state index in [0.717, 1.165) is 4.57 Å². The van der Waals surface area contributed by atoms with Crippen molar-refractivity contribution in [2.24, 2.45) is 0 Å². The van der Waals surface area contributed by atoms with E-state index in [9.17, 15) is 18.0 Å². The summed E-state index contributed by atoms with van der Waals surface area (Å²) in [5.74, 6) is 0. The van der Waals surface area contributed by atoms with Gasteiger partial charge in [-0.1, -0.05) is 0 Å². The van der Waals surface area contributed by atoms with E-state index in [1.165, 1.54) is 18.3 Å². The minimum Gasteiger partial charge on any atom is -0.394 e. The molecule has 7 heteroatoms. The summed E-state index contributed by atoms with van der Waals surface area (Å²) < 4.78 is 37.6. The van der Waals surface area contributed by atoms with Crippen molar-refractivity contribution in [3.63, 3.8) is 0 Å². The van der Waals surface area contributed by atoms with Crippen LogP contribution in [0.5, 0.6) is 0 Å². The third-order valence-electron chi connectivity index (χ3n) is 2.00. The van der Waals surface area contributed by atoms with Crippen LogP contribution in [0.1, 0.15) is 12.5 Å². The zero-order valence-electron chi connectivity index (χ0n) is 8.04. The quantitative estimate of drug-likeness (QED) is 0.929. The van der Waals surface area contributed by atoms with Gasteiger partial charge >= 0.3 is 6.18 Å². The second-order valence-corrected chi connectivity index (χ2v) is 4.08. The monoisotopic (exact) mass is 299 g/mol. The minimum absolute atomic E-state index is 0.163. The number of pyridine rings is 1. The Morgan fingerprint density at radius 1 is 1.50 bits per heavy atom. The minimum atomic E-state index is -4.42. The number of halogens is 4. The summed E-state index contributed by atoms with van der Waals surface area (Å²) in [5, 5.41) is 8.88. The topological polar surface area (TPSA) is 42.2 Å². The first-order valence-electron chi connectivity index (χ1n) is 4.39. The standard InChI is InChI=1S/C9H9BrF3NO2/c10-7-2-1-3-14(8(7)16)6(5-15)4-9(11,12)13/h1-3,6,15H,4-5H2. The van der Waals surface area contributed by atoms with Crippen LogP contribution < -0.4 is 5.56 Å². The van der Waals surface area contributed by atoms with E-state index in [-0.39, 0.29) is 4.47 Å². The molecule has 0 amide bonds. The third-order valence-corrected chi connectivity index (χ3v) is 2.60. The SMILES string of the molecule is O=c1c(Br)cccn1C(CO)CC(F)(F)F. The van der Waals surface area contributed by atoms with Crippen molar-refractivity contribution in [2.75, 3.05) is 6.61 Å². The number of hydrogen-bond acceptors (Lipinski definition) is 2. The van der Waals surface area contributed by atoms with Crippen molar-refractivity contribution in [3.8, 4) is 0 Å². The van der Waals surface area contributed by atoms with Crippen LogP contribution in [0.2, 0.25) is 0 Å². The van der Waals surface area contributed by atoms with Crippen LogP contribution in [0.15, 0.2) is 27.6 Å². The molecule has 1 rings (SSSR count). The van der Waals surface area contributed by atoms with Gasteiger partial charge in [0.1, 0.15) is 0 Å². The molecule has 0 spiro atoms. The second-order valence-electron chi connectivity index (χ2n) is 3.22. The summed E-state index contributed by atoms with van der Waals surface area (Å²) >= 11 is 2.93. The van der Waals surface area contributed by atoms with Crippen LogP contribution in [0, 0.1) is 0 Å². The van der Waals surface area contributed by atoms with Gasteiger partial charge in [-0.3, -0.25) is 4.79 Å². The maximum atomic E-state index is 12.2. The summed E-state index contributed by atoms with van der Waals surface area (Å²) in [6.07, 6.45) is -4.44. The molecule has 0 aliphatic carbocycles. The number of hydrogen-bond donors (Lipinski definition) is 1. The van der Waals surface area contributed by atoms with Crippen molar-refractivity contribution in [2.45, 2.75) is 18.6 Å². The molecule has 3 nitrogen and oxygen atoms in total. The van der Waals surface area contributed by atoms with Crippen LogP contribution in [0.25, 0.3) is 0 Å². The van der Waals surface area contributed by atoms with E-state index < -0.39 is 30.8 Å². The lowest BCUT2D eigenvalue weighted by atomic mass is 10.2. The summed E-state index contributed by atoms with van der Waals surface area (Å²) in [7, 11) is 0. The van der Waals surface area contributed by atoms with Crippen molar-refractivity contribution in [1.82, 2.24) is 4.57 Å². The van der Waals surface area contributed by atoms with Crippen LogP contribution in [0.3, 0.4) is 0 Å². The molecular formula is C9H9BrF3NO2. The molecule has 0 radical (unpaired) electrons. The highest BCUT2D eigenvalue weighted by atomic mass is 79.9. The number of aliphatic hydroxyl groups excluding tert-OH is 1. The normalized spacial score (nSPS) is 13.8. The zero-order valence-corrected chi connectivity index (χ0v) is 9.62. The first-order valence-corrected chi connectivity index (χ1v) is 5.18. The van der Waals surface area contributed by atoms with E-state index in [2.05, 4.69) is 15.9 Å². The molecule has 0 aliphatic rings. The third kappa shape index (κ3) is 3.34. The summed E-state index contributed by atoms with van der Waals surface area (Å²) in [4.78, 5) is 11.5. The Labute approximate surface area is 97.6 Å². The Morgan fingerprint density at radius 2 is 2.12 bits per heavy atom. The highest BCUT2D eigenvalue weighted by Gasteiger charge is 2.32. The predicted molar refractivity (Wildman–Crippen MR) is 55.2 cm³/mol. The average Bonchev–Trinajstić information content (AvgIpc) is 2.18. The fraction of sp³-hybridized carbons (Fsp3) is 0.444. The molecule has 90 valence electrons. The highest BCUT2D eigenvalue weighted by molar-refractivity contribution is 9.10. The van der Waals surface area contributed by atoms with Crippen LogP contribution >= 0.6 is 15.9 Å². The van der Waals surface area contributed by atoms with Crippen LogP contribution in [-0.2, 0) is 0 Å². The molecule has 0 fully saturated rings. The predicted octanol–water partition coefficient (Wildman–Crippen LogP) is 2.10. The highest BCUT2D eigenvalue weighted by Crippen LogP contribution is 2.26. The Bertz CT molecular complexity index is 416. The first-order chi connectivity index (χ1) is 7.35. The molecule has 16 heavy (non-hydrogen) atoms. The van der Waals surface area contributed by atoms with Gasteiger partial charge in [0.25, 0.3) is 5.56 Å². The number of rotatable bonds is 3. The van der Waals surface area contributed by atoms with Gasteiger partial charge in [0, 0.05) is 6.20 Å². The lowest BCUT2D eigenvalue weighted by Gasteiger charge is -2.19. The van der Waals surface area contributed by atoms with Gasteiger partial charge in [0.2, 0.25) is 0 Å². The van der Waals surface area contributed by atoms with Gasteiger partial charge in [0.05, 0.1) is 23.5 Å². The number of nitrogens with zero attached hydrogens (tertiary/aromatic N) is 1. The summed E-state index contributed by atoms with van der Waals surface area (Å²) in [5.41, 5.74) is -0.592. The Kier molecular flexibility index (Phi) is 4.15. The lowest BCUT2D eigenvalue weighted by molar-refractivity contribution is -0.145. The van der Waals surface area contributed by atoms with Gasteiger partial charge in [-0.25, -0.2) is 0 Å². The fourth-order valence-electron chi connectivity index (χ4n) is 1.29. The molecule has 1 unspecified atom stereocenters. The second kappa shape index (κ2) is 5.01. The molecule has 0 aromatic carbocycles. The molecule has 0 saturated carbocycles. The van der Waals surface area contributed by atoms with E-state index in [4.69, 9.17) is 5.11 Å². The molecule has 1 heterocycles. The van der Waals surface area contributed by atoms with Gasteiger partial charge < -0.3 is 9.67 Å². The van der Waals surface area contributed by atoms with E-state index >= 15 is 0 Å². The molecule has 1 aromatic heterocycles. The van der Waals surface area contributed by atoms with Gasteiger partial charge in [0.15, 0.2) is 0 Å². The molecule has 1 N–H and O–H groups in total. The van der Waals surface area contributed by atoms with Gasteiger partial charge in [-0.05, 0) is 28.1 Å². The maximum Gasteiger partial charge on any atom is 0.391 e. The van der Waals surface area contributed by atoms with Crippen molar-refractivity contribution < 1.29 is 18.3 Å². The van der Waals surface area contributed by atoms with Crippen molar-refractivity contribution in [3.05, 3.63) is 33.2 Å². The van der Waals surface area contributed by atoms with Crippen molar-refractivity contribution in [1.29, 1.82) is 0 Å². The number of aliphatic hydroxyl groups is 1. The molecular weight excluding hydrogens is 291 g/mol. The molecule has 1 atom stereocenters. The van der Waals surface area contributed by atoms with Gasteiger partial charge in [-0.2, -0.15) is 13.2 Å². The first kappa shape index (κ1) is 13.2. The number of aromatic nitrogens is 1. The largest absolute Gasteiger partial charge is 0.394 e. The van der Waals surface area contributed by atoms with Crippen LogP contribution in [-0.4, -0.2) is 22.5 Å². The molecule has 1 aromatic rings. The molecule has 0 bridgehead atoms. The van der Waals surface area contributed by atoms with Crippen molar-refractivity contribution >= 4 is 15.9 Å². The van der Waals surface area contributed by atoms with Gasteiger partial charge in [-0.15, -0.1) is 0 Å².